The molecule has 0 bridgehead atoms. The van der Waals surface area contributed by atoms with Gasteiger partial charge in [-0.3, -0.25) is 4.79 Å². The van der Waals surface area contributed by atoms with Crippen LogP contribution in [0, 0.1) is 0 Å². The van der Waals surface area contributed by atoms with Gasteiger partial charge < -0.3 is 25.8 Å². The Morgan fingerprint density at radius 3 is 2.76 bits per heavy atom. The molecule has 1 amide bonds. The van der Waals surface area contributed by atoms with Gasteiger partial charge in [0.1, 0.15) is 22.8 Å². The number of pyridine rings is 1. The van der Waals surface area contributed by atoms with Gasteiger partial charge in [-0.2, -0.15) is 0 Å². The number of nitrogens with zero attached hydrogens (tertiary/aromatic N) is 3. The van der Waals surface area contributed by atoms with Crippen LogP contribution in [0.25, 0.3) is 21.9 Å². The number of imidazole rings is 1. The van der Waals surface area contributed by atoms with Crippen molar-refractivity contribution >= 4 is 56.3 Å². The zero-order valence-corrected chi connectivity index (χ0v) is 20.5. The summed E-state index contributed by atoms with van der Waals surface area (Å²) in [5.41, 5.74) is 10.00. The minimum absolute atomic E-state index is 0.0254. The zero-order chi connectivity index (χ0) is 23.5. The van der Waals surface area contributed by atoms with Crippen LogP contribution in [0.15, 0.2) is 36.4 Å². The standard InChI is InChI=1S/C24H26IN5O3/c1-2-3-4-20-29-22-23(30(20)13-15-10-16(31)6-8-19(15)32)17-9-14(12-27-21(33)11-25)5-7-18(17)28-24(22)26/h5-10,31-32H,2-4,11-13H2,1H3,(H2,26,28)(H,27,33). The van der Waals surface area contributed by atoms with Gasteiger partial charge in [-0.1, -0.05) is 42.0 Å². The Bertz CT molecular complexity index is 1340. The van der Waals surface area contributed by atoms with Gasteiger partial charge in [-0.25, -0.2) is 9.97 Å². The number of nitrogens with two attached hydrogens (primary N) is 1. The zero-order valence-electron chi connectivity index (χ0n) is 18.3. The van der Waals surface area contributed by atoms with Gasteiger partial charge in [0, 0.05) is 23.9 Å². The van der Waals surface area contributed by atoms with Crippen LogP contribution in [0.3, 0.4) is 0 Å². The Balaban J connectivity index is 1.91. The molecule has 0 atom stereocenters. The number of aryl methyl sites for hydroxylation is 1. The number of halogens is 1. The van der Waals surface area contributed by atoms with E-state index in [2.05, 4.69) is 17.2 Å². The van der Waals surface area contributed by atoms with E-state index in [1.54, 1.807) is 6.07 Å². The number of carbonyl (C=O) groups excluding carboxylic acids is 1. The third-order valence-corrected chi connectivity index (χ3v) is 6.30. The summed E-state index contributed by atoms with van der Waals surface area (Å²) in [5.74, 6) is 1.35. The monoisotopic (exact) mass is 559 g/mol. The van der Waals surface area contributed by atoms with Crippen molar-refractivity contribution in [3.8, 4) is 11.5 Å². The Labute approximate surface area is 205 Å². The van der Waals surface area contributed by atoms with Gasteiger partial charge in [0.25, 0.3) is 0 Å². The summed E-state index contributed by atoms with van der Waals surface area (Å²) < 4.78 is 2.45. The number of aromatic nitrogens is 3. The van der Waals surface area contributed by atoms with Crippen molar-refractivity contribution in [1.29, 1.82) is 0 Å². The van der Waals surface area contributed by atoms with Gasteiger partial charge in [-0.05, 0) is 42.3 Å². The predicted molar refractivity (Wildman–Crippen MR) is 138 cm³/mol. The maximum atomic E-state index is 11.7. The van der Waals surface area contributed by atoms with Crippen LogP contribution in [0.2, 0.25) is 0 Å². The first-order chi connectivity index (χ1) is 15.9. The number of amides is 1. The van der Waals surface area contributed by atoms with E-state index in [1.807, 2.05) is 45.4 Å². The highest BCUT2D eigenvalue weighted by molar-refractivity contribution is 14.1. The number of phenols is 2. The van der Waals surface area contributed by atoms with Crippen molar-refractivity contribution in [1.82, 2.24) is 19.9 Å². The normalized spacial score (nSPS) is 11.3. The van der Waals surface area contributed by atoms with Gasteiger partial charge in [0.2, 0.25) is 5.91 Å². The second-order valence-corrected chi connectivity index (χ2v) is 8.75. The summed E-state index contributed by atoms with van der Waals surface area (Å²) in [5, 5.41) is 24.1. The van der Waals surface area contributed by atoms with E-state index >= 15 is 0 Å². The summed E-state index contributed by atoms with van der Waals surface area (Å²) in [7, 11) is 0. The third-order valence-electron chi connectivity index (χ3n) is 5.60. The average molecular weight is 559 g/mol. The molecule has 4 rings (SSSR count). The number of benzene rings is 2. The van der Waals surface area contributed by atoms with Crippen LogP contribution in [-0.4, -0.2) is 35.1 Å². The van der Waals surface area contributed by atoms with Crippen molar-refractivity contribution in [2.75, 3.05) is 10.2 Å². The number of aromatic hydroxyl groups is 2. The highest BCUT2D eigenvalue weighted by Gasteiger charge is 2.19. The molecule has 0 saturated carbocycles. The van der Waals surface area contributed by atoms with Crippen molar-refractivity contribution in [2.24, 2.45) is 0 Å². The number of phenolic OH excluding ortho intramolecular Hbond substituents is 2. The Hall–Kier alpha value is -3.08. The summed E-state index contributed by atoms with van der Waals surface area (Å²) in [4.78, 5) is 21.1. The number of unbranched alkanes of at least 4 members (excludes halogenated alkanes) is 1. The van der Waals surface area contributed by atoms with E-state index in [0.29, 0.717) is 34.4 Å². The summed E-state index contributed by atoms with van der Waals surface area (Å²) in [6.07, 6.45) is 2.71. The van der Waals surface area contributed by atoms with Crippen molar-refractivity contribution in [3.05, 3.63) is 53.3 Å². The van der Waals surface area contributed by atoms with Crippen LogP contribution in [0.1, 0.15) is 36.7 Å². The van der Waals surface area contributed by atoms with E-state index in [-0.39, 0.29) is 17.4 Å². The highest BCUT2D eigenvalue weighted by atomic mass is 127. The van der Waals surface area contributed by atoms with Gasteiger partial charge in [0.05, 0.1) is 22.0 Å². The quantitative estimate of drug-likeness (QED) is 0.147. The minimum atomic E-state index is -0.0254. The number of nitrogens with one attached hydrogen (secondary N) is 1. The largest absolute Gasteiger partial charge is 0.508 e. The molecule has 172 valence electrons. The molecular formula is C24H26IN5O3. The molecule has 0 radical (unpaired) electrons. The topological polar surface area (TPSA) is 126 Å². The minimum Gasteiger partial charge on any atom is -0.508 e. The lowest BCUT2D eigenvalue weighted by Gasteiger charge is -2.13. The van der Waals surface area contributed by atoms with Crippen molar-refractivity contribution in [2.45, 2.75) is 39.3 Å². The Morgan fingerprint density at radius 1 is 1.18 bits per heavy atom. The Morgan fingerprint density at radius 2 is 2.00 bits per heavy atom. The first kappa shape index (κ1) is 23.1. The number of nitrogen functional groups attached to an aromatic ring is 1. The van der Waals surface area contributed by atoms with Crippen LogP contribution < -0.4 is 11.1 Å². The smallest absolute Gasteiger partial charge is 0.230 e. The molecule has 0 aliphatic carbocycles. The SMILES string of the molecule is CCCCc1nc2c(N)nc3ccc(CNC(=O)CI)cc3c2n1Cc1cc(O)ccc1O. The van der Waals surface area contributed by atoms with Crippen molar-refractivity contribution in [3.63, 3.8) is 0 Å². The number of rotatable bonds is 8. The molecule has 0 saturated heterocycles. The first-order valence-corrected chi connectivity index (χ1v) is 12.3. The molecule has 0 spiro atoms. The maximum absolute atomic E-state index is 11.7. The van der Waals surface area contributed by atoms with Crippen LogP contribution in [-0.2, 0) is 24.3 Å². The highest BCUT2D eigenvalue weighted by Crippen LogP contribution is 2.32. The van der Waals surface area contributed by atoms with E-state index in [4.69, 9.17) is 10.7 Å². The fourth-order valence-electron chi connectivity index (χ4n) is 3.93. The molecule has 0 aliphatic rings. The van der Waals surface area contributed by atoms with Crippen molar-refractivity contribution < 1.29 is 15.0 Å². The van der Waals surface area contributed by atoms with Gasteiger partial charge in [-0.15, -0.1) is 0 Å². The molecule has 0 fully saturated rings. The Kier molecular flexibility index (Phi) is 6.87. The fraction of sp³-hybridized carbons (Fsp3) is 0.292. The van der Waals surface area contributed by atoms with E-state index in [9.17, 15) is 15.0 Å². The van der Waals surface area contributed by atoms with E-state index in [0.717, 1.165) is 47.1 Å². The van der Waals surface area contributed by atoms with E-state index < -0.39 is 0 Å². The van der Waals surface area contributed by atoms with Crippen LogP contribution in [0.4, 0.5) is 5.82 Å². The molecule has 0 aliphatic heterocycles. The number of hydrogen-bond acceptors (Lipinski definition) is 6. The molecule has 4 aromatic rings. The second-order valence-electron chi connectivity index (χ2n) is 7.99. The summed E-state index contributed by atoms with van der Waals surface area (Å²) >= 11 is 2.03. The molecule has 9 heteroatoms. The molecule has 2 aromatic carbocycles. The lowest BCUT2D eigenvalue weighted by Crippen LogP contribution is -2.23. The number of anilines is 1. The predicted octanol–water partition coefficient (Wildman–Crippen LogP) is 4.02. The summed E-state index contributed by atoms with van der Waals surface area (Å²) in [6.45, 7) is 2.85. The molecule has 2 heterocycles. The molecule has 8 nitrogen and oxygen atoms in total. The third kappa shape index (κ3) is 4.82. The number of hydrogen-bond donors (Lipinski definition) is 4. The number of carbonyl (C=O) groups is 1. The molecular weight excluding hydrogens is 533 g/mol. The number of alkyl halides is 1. The molecule has 2 aromatic heterocycles. The fourth-order valence-corrected chi connectivity index (χ4v) is 4.20. The number of fused-ring (bicyclic) bond motifs is 3. The molecule has 33 heavy (non-hydrogen) atoms. The molecule has 5 N–H and O–H groups in total. The maximum Gasteiger partial charge on any atom is 0.230 e. The molecule has 0 unspecified atom stereocenters. The van der Waals surface area contributed by atoms with E-state index in [1.165, 1.54) is 12.1 Å². The van der Waals surface area contributed by atoms with Gasteiger partial charge >= 0.3 is 0 Å². The van der Waals surface area contributed by atoms with Crippen LogP contribution in [0.5, 0.6) is 11.5 Å². The van der Waals surface area contributed by atoms with Gasteiger partial charge in [0.15, 0.2) is 5.82 Å². The lowest BCUT2D eigenvalue weighted by atomic mass is 10.1. The average Bonchev–Trinajstić information content (AvgIpc) is 3.17. The lowest BCUT2D eigenvalue weighted by molar-refractivity contribution is -0.118. The second kappa shape index (κ2) is 9.82. The first-order valence-electron chi connectivity index (χ1n) is 10.8. The van der Waals surface area contributed by atoms with Crippen LogP contribution >= 0.6 is 22.6 Å². The summed E-state index contributed by atoms with van der Waals surface area (Å²) in [6, 6.07) is 10.3.